The summed E-state index contributed by atoms with van der Waals surface area (Å²) in [7, 11) is 0. The van der Waals surface area contributed by atoms with Crippen LogP contribution in [-0.2, 0) is 0 Å². The van der Waals surface area contributed by atoms with Crippen molar-refractivity contribution < 1.29 is 0 Å². The third kappa shape index (κ3) is 3.76. The maximum Gasteiger partial charge on any atom is 0.0541 e. The van der Waals surface area contributed by atoms with Gasteiger partial charge in [0.2, 0.25) is 0 Å². The van der Waals surface area contributed by atoms with E-state index < -0.39 is 0 Å². The minimum atomic E-state index is 0.827. The van der Waals surface area contributed by atoms with Crippen molar-refractivity contribution in [1.29, 1.82) is 0 Å². The van der Waals surface area contributed by atoms with Crippen LogP contribution in [-0.4, -0.2) is 5.75 Å². The molecule has 2 heteroatoms. The topological polar surface area (TPSA) is 0 Å². The van der Waals surface area contributed by atoms with Gasteiger partial charge in [-0.25, -0.2) is 0 Å². The average molecular weight is 211 g/mol. The molecule has 0 atom stereocenters. The molecule has 0 amide bonds. The molecule has 0 aliphatic rings. The Labute approximate surface area is 88.7 Å². The van der Waals surface area contributed by atoms with Crippen molar-refractivity contribution in [2.75, 3.05) is 5.75 Å². The van der Waals surface area contributed by atoms with Gasteiger partial charge in [0.05, 0.1) is 5.02 Å². The predicted octanol–water partition coefficient (Wildman–Crippen LogP) is 3.85. The first-order valence-electron chi connectivity index (χ1n) is 4.15. The molecule has 0 unspecified atom stereocenters. The van der Waals surface area contributed by atoms with Crippen LogP contribution in [0.1, 0.15) is 12.8 Å². The normalized spacial score (nSPS) is 9.54. The molecule has 0 aliphatic heterocycles. The second kappa shape index (κ2) is 5.96. The first kappa shape index (κ1) is 10.5. The molecule has 0 aromatic heterocycles. The van der Waals surface area contributed by atoms with E-state index in [9.17, 15) is 0 Å². The van der Waals surface area contributed by atoms with E-state index in [1.807, 2.05) is 24.3 Å². The van der Waals surface area contributed by atoms with Crippen LogP contribution in [0.2, 0.25) is 5.02 Å². The molecule has 13 heavy (non-hydrogen) atoms. The Balaban J connectivity index is 2.37. The van der Waals surface area contributed by atoms with Crippen LogP contribution in [0.4, 0.5) is 0 Å². The molecular formula is C11H11ClS. The Morgan fingerprint density at radius 3 is 2.85 bits per heavy atom. The standard InChI is InChI=1S/C11H11ClS/c1-2-3-6-9-13-11-8-5-4-7-10(11)12/h1,4-5,7-8H,3,6,9H2. The van der Waals surface area contributed by atoms with Crippen molar-refractivity contribution in [1.82, 2.24) is 0 Å². The fraction of sp³-hybridized carbons (Fsp3) is 0.273. The van der Waals surface area contributed by atoms with Crippen LogP contribution in [0.15, 0.2) is 29.2 Å². The number of hydrogen-bond acceptors (Lipinski definition) is 1. The Hall–Kier alpha value is -0.580. The van der Waals surface area contributed by atoms with Crippen molar-refractivity contribution in [3.05, 3.63) is 29.3 Å². The molecule has 1 aromatic carbocycles. The lowest BCUT2D eigenvalue weighted by molar-refractivity contribution is 0.997. The first-order valence-corrected chi connectivity index (χ1v) is 5.51. The molecule has 0 bridgehead atoms. The SMILES string of the molecule is C#CCCCSc1ccccc1Cl. The van der Waals surface area contributed by atoms with Crippen molar-refractivity contribution >= 4 is 23.4 Å². The van der Waals surface area contributed by atoms with E-state index in [1.54, 1.807) is 11.8 Å². The Bertz CT molecular complexity index is 301. The highest BCUT2D eigenvalue weighted by Gasteiger charge is 1.97. The maximum atomic E-state index is 5.98. The molecule has 0 aliphatic carbocycles. The number of unbranched alkanes of at least 4 members (excludes halogenated alkanes) is 1. The van der Waals surface area contributed by atoms with Crippen LogP contribution < -0.4 is 0 Å². The zero-order chi connectivity index (χ0) is 9.52. The molecule has 0 saturated carbocycles. The van der Waals surface area contributed by atoms with Crippen molar-refractivity contribution in [3.8, 4) is 12.3 Å². The zero-order valence-corrected chi connectivity index (χ0v) is 8.87. The molecular weight excluding hydrogens is 200 g/mol. The lowest BCUT2D eigenvalue weighted by Crippen LogP contribution is -1.79. The summed E-state index contributed by atoms with van der Waals surface area (Å²) in [5.41, 5.74) is 0. The van der Waals surface area contributed by atoms with Crippen molar-refractivity contribution in [2.45, 2.75) is 17.7 Å². The molecule has 0 nitrogen and oxygen atoms in total. The Kier molecular flexibility index (Phi) is 4.82. The average Bonchev–Trinajstić information content (AvgIpc) is 2.15. The summed E-state index contributed by atoms with van der Waals surface area (Å²) in [6.45, 7) is 0. The van der Waals surface area contributed by atoms with Crippen molar-refractivity contribution in [2.24, 2.45) is 0 Å². The monoisotopic (exact) mass is 210 g/mol. The smallest absolute Gasteiger partial charge is 0.0541 e. The highest BCUT2D eigenvalue weighted by Crippen LogP contribution is 2.26. The quantitative estimate of drug-likeness (QED) is 0.413. The Morgan fingerprint density at radius 2 is 2.15 bits per heavy atom. The van der Waals surface area contributed by atoms with Gasteiger partial charge in [-0.1, -0.05) is 23.7 Å². The van der Waals surface area contributed by atoms with Gasteiger partial charge in [0.25, 0.3) is 0 Å². The van der Waals surface area contributed by atoms with Gasteiger partial charge in [-0.2, -0.15) is 0 Å². The van der Waals surface area contributed by atoms with E-state index in [4.69, 9.17) is 18.0 Å². The molecule has 0 spiro atoms. The van der Waals surface area contributed by atoms with E-state index in [1.165, 1.54) is 0 Å². The lowest BCUT2D eigenvalue weighted by Gasteiger charge is -2.01. The van der Waals surface area contributed by atoms with Gasteiger partial charge >= 0.3 is 0 Å². The third-order valence-corrected chi connectivity index (χ3v) is 3.16. The second-order valence-electron chi connectivity index (χ2n) is 2.59. The summed E-state index contributed by atoms with van der Waals surface area (Å²) in [6, 6.07) is 7.87. The molecule has 0 N–H and O–H groups in total. The first-order chi connectivity index (χ1) is 6.34. The number of halogens is 1. The van der Waals surface area contributed by atoms with E-state index in [2.05, 4.69) is 5.92 Å². The maximum absolute atomic E-state index is 5.98. The third-order valence-electron chi connectivity index (χ3n) is 1.56. The van der Waals surface area contributed by atoms with Gasteiger partial charge in [-0.15, -0.1) is 24.1 Å². The minimum Gasteiger partial charge on any atom is -0.125 e. The van der Waals surface area contributed by atoms with Gasteiger partial charge in [0.1, 0.15) is 0 Å². The van der Waals surface area contributed by atoms with Crippen molar-refractivity contribution in [3.63, 3.8) is 0 Å². The van der Waals surface area contributed by atoms with Crippen LogP contribution in [0.3, 0.4) is 0 Å². The Morgan fingerprint density at radius 1 is 1.38 bits per heavy atom. The zero-order valence-electron chi connectivity index (χ0n) is 7.29. The van der Waals surface area contributed by atoms with E-state index in [-0.39, 0.29) is 0 Å². The number of benzene rings is 1. The molecule has 0 radical (unpaired) electrons. The fourth-order valence-electron chi connectivity index (χ4n) is 0.918. The summed E-state index contributed by atoms with van der Waals surface area (Å²) in [4.78, 5) is 1.14. The molecule has 68 valence electrons. The highest BCUT2D eigenvalue weighted by atomic mass is 35.5. The number of hydrogen-bond donors (Lipinski definition) is 0. The molecule has 1 aromatic rings. The molecule has 1 rings (SSSR count). The van der Waals surface area contributed by atoms with E-state index in [0.717, 1.165) is 28.5 Å². The minimum absolute atomic E-state index is 0.827. The van der Waals surface area contributed by atoms with Gasteiger partial charge in [-0.05, 0) is 24.3 Å². The summed E-state index contributed by atoms with van der Waals surface area (Å²) in [5.74, 6) is 3.66. The molecule has 0 heterocycles. The lowest BCUT2D eigenvalue weighted by atomic mass is 10.4. The number of rotatable bonds is 4. The second-order valence-corrected chi connectivity index (χ2v) is 4.13. The number of terminal acetylenes is 1. The van der Waals surface area contributed by atoms with E-state index in [0.29, 0.717) is 0 Å². The fourth-order valence-corrected chi connectivity index (χ4v) is 2.11. The predicted molar refractivity (Wildman–Crippen MR) is 60.2 cm³/mol. The summed E-state index contributed by atoms with van der Waals surface area (Å²) < 4.78 is 0. The van der Waals surface area contributed by atoms with Crippen LogP contribution in [0.5, 0.6) is 0 Å². The number of thioether (sulfide) groups is 1. The van der Waals surface area contributed by atoms with Gasteiger partial charge in [-0.3, -0.25) is 0 Å². The largest absolute Gasteiger partial charge is 0.125 e. The van der Waals surface area contributed by atoms with Crippen LogP contribution in [0, 0.1) is 12.3 Å². The van der Waals surface area contributed by atoms with E-state index >= 15 is 0 Å². The highest BCUT2D eigenvalue weighted by molar-refractivity contribution is 7.99. The van der Waals surface area contributed by atoms with Gasteiger partial charge in [0, 0.05) is 11.3 Å². The summed E-state index contributed by atoms with van der Waals surface area (Å²) in [6.07, 6.45) is 7.05. The van der Waals surface area contributed by atoms with Crippen LogP contribution >= 0.6 is 23.4 Å². The summed E-state index contributed by atoms with van der Waals surface area (Å²) in [5, 5.41) is 0.827. The van der Waals surface area contributed by atoms with Gasteiger partial charge in [0.15, 0.2) is 0 Å². The summed E-state index contributed by atoms with van der Waals surface area (Å²) >= 11 is 7.74. The van der Waals surface area contributed by atoms with Gasteiger partial charge < -0.3 is 0 Å². The molecule has 0 saturated heterocycles. The van der Waals surface area contributed by atoms with Crippen LogP contribution in [0.25, 0.3) is 0 Å². The molecule has 0 fully saturated rings.